The predicted octanol–water partition coefficient (Wildman–Crippen LogP) is 6.63. The van der Waals surface area contributed by atoms with Crippen molar-refractivity contribution in [3.63, 3.8) is 0 Å². The van der Waals surface area contributed by atoms with Crippen molar-refractivity contribution in [1.29, 1.82) is 0 Å². The summed E-state index contributed by atoms with van der Waals surface area (Å²) in [6.07, 6.45) is 10.6. The van der Waals surface area contributed by atoms with Gasteiger partial charge in [0, 0.05) is 24.7 Å². The second kappa shape index (κ2) is 7.93. The summed E-state index contributed by atoms with van der Waals surface area (Å²) in [5, 5.41) is 0. The molecule has 0 unspecified atom stereocenters. The first-order valence-corrected chi connectivity index (χ1v) is 14.9. The molecule has 2 heterocycles. The number of Topliss-reactive ketones (excluding diaryl/α,β-unsaturated/α-hetero) is 1. The molecule has 10 atom stereocenters. The molecule has 0 spiro atoms. The van der Waals surface area contributed by atoms with E-state index in [1.54, 1.807) is 5.57 Å². The van der Waals surface area contributed by atoms with Crippen molar-refractivity contribution in [1.82, 2.24) is 0 Å². The van der Waals surface area contributed by atoms with E-state index in [1.165, 1.54) is 26.2 Å². The zero-order valence-corrected chi connectivity index (χ0v) is 24.3. The molecule has 0 radical (unpaired) electrons. The molecule has 5 fully saturated rings. The van der Waals surface area contributed by atoms with Crippen LogP contribution >= 0.6 is 0 Å². The Morgan fingerprint density at radius 2 is 1.73 bits per heavy atom. The number of esters is 1. The summed E-state index contributed by atoms with van der Waals surface area (Å²) in [6, 6.07) is 0. The lowest BCUT2D eigenvalue weighted by atomic mass is 9.41. The van der Waals surface area contributed by atoms with Gasteiger partial charge in [0.2, 0.25) is 6.29 Å². The molecule has 6 aliphatic rings. The van der Waals surface area contributed by atoms with Gasteiger partial charge in [0.15, 0.2) is 0 Å². The van der Waals surface area contributed by atoms with Crippen LogP contribution in [0.4, 0.5) is 0 Å². The fraction of sp³-hybridized carbons (Fsp3) is 0.875. The van der Waals surface area contributed by atoms with Gasteiger partial charge >= 0.3 is 5.97 Å². The van der Waals surface area contributed by atoms with Crippen molar-refractivity contribution >= 4 is 11.8 Å². The minimum Gasteiger partial charge on any atom is -0.436 e. The van der Waals surface area contributed by atoms with Gasteiger partial charge in [-0.15, -0.1) is 0 Å². The quantitative estimate of drug-likeness (QED) is 0.241. The van der Waals surface area contributed by atoms with E-state index in [-0.39, 0.29) is 51.4 Å². The van der Waals surface area contributed by atoms with Crippen LogP contribution in [-0.2, 0) is 23.8 Å². The number of ether oxygens (including phenoxy) is 3. The monoisotopic (exact) mass is 512 g/mol. The second-order valence-corrected chi connectivity index (χ2v) is 15.3. The van der Waals surface area contributed by atoms with E-state index in [0.717, 1.165) is 32.1 Å². The van der Waals surface area contributed by atoms with Gasteiger partial charge < -0.3 is 14.2 Å². The highest BCUT2D eigenvalue weighted by molar-refractivity contribution is 5.85. The van der Waals surface area contributed by atoms with Gasteiger partial charge in [-0.05, 0) is 92.8 Å². The summed E-state index contributed by atoms with van der Waals surface area (Å²) in [5.74, 6) is 1.84. The molecule has 206 valence electrons. The summed E-state index contributed by atoms with van der Waals surface area (Å²) in [4.78, 5) is 25.0. The number of ketones is 1. The molecule has 6 rings (SSSR count). The van der Waals surface area contributed by atoms with Crippen molar-refractivity contribution in [2.45, 2.75) is 131 Å². The molecule has 0 aromatic rings. The molecular weight excluding hydrogens is 464 g/mol. The predicted molar refractivity (Wildman–Crippen MR) is 141 cm³/mol. The third-order valence-electron chi connectivity index (χ3n) is 13.0. The molecule has 0 N–H and O–H groups in total. The Labute approximate surface area is 223 Å². The molecule has 5 heteroatoms. The molecule has 0 amide bonds. The number of carbonyl (C=O) groups is 2. The molecule has 0 aromatic carbocycles. The third-order valence-corrected chi connectivity index (χ3v) is 13.0. The third kappa shape index (κ3) is 3.47. The van der Waals surface area contributed by atoms with Crippen molar-refractivity contribution < 1.29 is 23.8 Å². The van der Waals surface area contributed by atoms with Gasteiger partial charge in [-0.1, -0.05) is 46.3 Å². The van der Waals surface area contributed by atoms with E-state index < -0.39 is 6.29 Å². The molecule has 4 aliphatic carbocycles. The fourth-order valence-corrected chi connectivity index (χ4v) is 10.6. The van der Waals surface area contributed by atoms with Crippen molar-refractivity contribution in [2.75, 3.05) is 0 Å². The van der Waals surface area contributed by atoms with E-state index in [4.69, 9.17) is 14.2 Å². The first-order chi connectivity index (χ1) is 17.1. The van der Waals surface area contributed by atoms with Gasteiger partial charge in [-0.3, -0.25) is 9.59 Å². The van der Waals surface area contributed by atoms with Crippen molar-refractivity contribution in [2.24, 2.45) is 45.3 Å². The highest BCUT2D eigenvalue weighted by Gasteiger charge is 2.68. The van der Waals surface area contributed by atoms with Crippen LogP contribution in [0.3, 0.4) is 0 Å². The number of hydrogen-bond acceptors (Lipinski definition) is 5. The van der Waals surface area contributed by atoms with Gasteiger partial charge in [0.05, 0.1) is 11.7 Å². The fourth-order valence-electron chi connectivity index (χ4n) is 10.6. The maximum absolute atomic E-state index is 12.9. The summed E-state index contributed by atoms with van der Waals surface area (Å²) >= 11 is 0. The van der Waals surface area contributed by atoms with Crippen LogP contribution in [0.15, 0.2) is 11.6 Å². The number of carbonyl (C=O) groups excluding carboxylic acids is 2. The van der Waals surface area contributed by atoms with E-state index in [1.807, 2.05) is 0 Å². The maximum Gasteiger partial charge on any atom is 0.304 e. The number of hydrogen-bond donors (Lipinski definition) is 0. The van der Waals surface area contributed by atoms with E-state index in [9.17, 15) is 9.59 Å². The highest BCUT2D eigenvalue weighted by Crippen LogP contribution is 2.73. The lowest BCUT2D eigenvalue weighted by Gasteiger charge is -2.63. The molecule has 37 heavy (non-hydrogen) atoms. The molecule has 2 saturated heterocycles. The number of fused-ring (bicyclic) bond motifs is 5. The smallest absolute Gasteiger partial charge is 0.304 e. The Morgan fingerprint density at radius 1 is 1.03 bits per heavy atom. The standard InChI is InChI=1S/C32H48O5/c1-18(33)35-27-19(17-23(36-27)26-29(4,5)37-26)20-11-15-32(8)22-9-10-24-28(2,3)25(34)13-14-30(24,6)21(22)12-16-31(20,32)7/h9,19-21,23-24,26-27H,10-17H2,1-8H3/t19-,20-,21-,23+,24+,26+,27+,30+,31-,32-/m0/s1. The zero-order valence-electron chi connectivity index (χ0n) is 24.3. The minimum atomic E-state index is -0.475. The first kappa shape index (κ1) is 26.0. The van der Waals surface area contributed by atoms with Crippen LogP contribution in [-0.4, -0.2) is 35.9 Å². The molecule has 2 aliphatic heterocycles. The Kier molecular flexibility index (Phi) is 5.58. The van der Waals surface area contributed by atoms with E-state index in [0.29, 0.717) is 23.5 Å². The first-order valence-electron chi connectivity index (χ1n) is 14.9. The van der Waals surface area contributed by atoms with Gasteiger partial charge in [-0.2, -0.15) is 0 Å². The number of rotatable bonds is 3. The van der Waals surface area contributed by atoms with Crippen LogP contribution in [0, 0.1) is 45.3 Å². The number of epoxide rings is 1. The van der Waals surface area contributed by atoms with E-state index >= 15 is 0 Å². The Bertz CT molecular complexity index is 1040. The van der Waals surface area contributed by atoms with Crippen molar-refractivity contribution in [3.8, 4) is 0 Å². The molecule has 0 aromatic heterocycles. The van der Waals surface area contributed by atoms with Crippen LogP contribution < -0.4 is 0 Å². The molecular formula is C32H48O5. The van der Waals surface area contributed by atoms with Gasteiger partial charge in [0.1, 0.15) is 11.9 Å². The largest absolute Gasteiger partial charge is 0.436 e. The topological polar surface area (TPSA) is 65.1 Å². The Hall–Kier alpha value is -1.20. The summed E-state index contributed by atoms with van der Waals surface area (Å²) in [6.45, 7) is 17.7. The molecule has 0 bridgehead atoms. The molecule has 5 nitrogen and oxygen atoms in total. The van der Waals surface area contributed by atoms with Crippen LogP contribution in [0.5, 0.6) is 0 Å². The van der Waals surface area contributed by atoms with Crippen LogP contribution in [0.2, 0.25) is 0 Å². The summed E-state index contributed by atoms with van der Waals surface area (Å²) in [5.41, 5.74) is 1.76. The Morgan fingerprint density at radius 3 is 2.38 bits per heavy atom. The maximum atomic E-state index is 12.9. The summed E-state index contributed by atoms with van der Waals surface area (Å²) < 4.78 is 18.2. The second-order valence-electron chi connectivity index (χ2n) is 15.3. The average molecular weight is 513 g/mol. The number of allylic oxidation sites excluding steroid dienone is 2. The zero-order chi connectivity index (χ0) is 26.8. The summed E-state index contributed by atoms with van der Waals surface area (Å²) in [7, 11) is 0. The SMILES string of the molecule is CC(=O)O[C@@H]1O[C@@H]([C@H]2OC2(C)C)C[C@H]1[C@@H]1CC[C@@]2(C)C3=CC[C@@H]4C(C)(C)C(=O)CC[C@]4(C)[C@H]3CC[C@@]12C. The van der Waals surface area contributed by atoms with Crippen LogP contribution in [0.1, 0.15) is 107 Å². The average Bonchev–Trinajstić information content (AvgIpc) is 3.12. The Balaban J connectivity index is 1.31. The lowest BCUT2D eigenvalue weighted by molar-refractivity contribution is -0.186. The van der Waals surface area contributed by atoms with E-state index in [2.05, 4.69) is 54.5 Å². The van der Waals surface area contributed by atoms with Crippen molar-refractivity contribution in [3.05, 3.63) is 11.6 Å². The van der Waals surface area contributed by atoms with Crippen LogP contribution in [0.25, 0.3) is 0 Å². The van der Waals surface area contributed by atoms with Gasteiger partial charge in [-0.25, -0.2) is 0 Å². The normalized spacial score (nSPS) is 51.5. The molecule has 3 saturated carbocycles. The highest BCUT2D eigenvalue weighted by atomic mass is 16.7. The van der Waals surface area contributed by atoms with Gasteiger partial charge in [0.25, 0.3) is 0 Å². The minimum absolute atomic E-state index is 0.00767. The lowest BCUT2D eigenvalue weighted by Crippen LogP contribution is -2.57.